The zero-order chi connectivity index (χ0) is 28.0. The lowest BCUT2D eigenvalue weighted by Crippen LogP contribution is -2.41. The van der Waals surface area contributed by atoms with Gasteiger partial charge in [-0.1, -0.05) is 30.3 Å². The molecule has 13 heteroatoms. The number of nitrogens with one attached hydrogen (secondary N) is 3. The minimum Gasteiger partial charge on any atom is -0.410 e. The van der Waals surface area contributed by atoms with Crippen molar-refractivity contribution in [2.24, 2.45) is 0 Å². The Hall–Kier alpha value is -3.94. The summed E-state index contributed by atoms with van der Waals surface area (Å²) in [5.74, 6) is -0.920. The van der Waals surface area contributed by atoms with E-state index in [4.69, 9.17) is 4.74 Å². The first-order valence-corrected chi connectivity index (χ1v) is 14.5. The van der Waals surface area contributed by atoms with Gasteiger partial charge in [0.2, 0.25) is 5.91 Å². The number of para-hydroxylation sites is 1. The van der Waals surface area contributed by atoms with E-state index in [0.717, 1.165) is 5.56 Å². The predicted octanol–water partition coefficient (Wildman–Crippen LogP) is 3.58. The molecule has 1 unspecified atom stereocenters. The number of ether oxygens (including phenoxy) is 1. The maximum atomic E-state index is 13.8. The van der Waals surface area contributed by atoms with Crippen molar-refractivity contribution in [1.29, 1.82) is 0 Å². The molecule has 39 heavy (non-hydrogen) atoms. The van der Waals surface area contributed by atoms with Crippen LogP contribution in [0.4, 0.5) is 15.3 Å². The van der Waals surface area contributed by atoms with E-state index in [0.29, 0.717) is 21.2 Å². The van der Waals surface area contributed by atoms with Crippen LogP contribution in [-0.2, 0) is 19.4 Å². The standard InChI is InChI=1S/C26H28N4O7S2/c1-27-24(32)28-19-7-5-6-18(16-19)21-10-11-22(38-21)26(17-23(31)29-34)12-13-30(14-15-39(26,35)36)25(33)37-20-8-3-2-4-9-20/h2-11,16,34H,12-15,17H2,1H3,(H,29,31)(H2,27,28,32). The third-order valence-electron chi connectivity index (χ3n) is 6.48. The van der Waals surface area contributed by atoms with E-state index in [2.05, 4.69) is 10.6 Å². The second-order valence-electron chi connectivity index (χ2n) is 8.89. The predicted molar refractivity (Wildman–Crippen MR) is 147 cm³/mol. The van der Waals surface area contributed by atoms with E-state index in [9.17, 15) is 28.0 Å². The molecule has 1 aliphatic heterocycles. The molecule has 1 aliphatic rings. The molecule has 2 heterocycles. The number of hydroxylamine groups is 1. The van der Waals surface area contributed by atoms with E-state index < -0.39 is 38.8 Å². The molecule has 4 N–H and O–H groups in total. The maximum absolute atomic E-state index is 13.8. The van der Waals surface area contributed by atoms with Gasteiger partial charge in [-0.3, -0.25) is 10.0 Å². The summed E-state index contributed by atoms with van der Waals surface area (Å²) in [6.45, 7) is -0.0929. The highest BCUT2D eigenvalue weighted by molar-refractivity contribution is 7.92. The van der Waals surface area contributed by atoms with E-state index in [1.165, 1.54) is 23.3 Å². The van der Waals surface area contributed by atoms with Crippen LogP contribution < -0.4 is 20.9 Å². The number of carbonyl (C=O) groups excluding carboxylic acids is 3. The minimum absolute atomic E-state index is 0.0162. The highest BCUT2D eigenvalue weighted by Crippen LogP contribution is 2.45. The molecule has 0 spiro atoms. The summed E-state index contributed by atoms with van der Waals surface area (Å²) < 4.78 is 31.3. The molecule has 0 aliphatic carbocycles. The average Bonchev–Trinajstić information content (AvgIpc) is 3.38. The van der Waals surface area contributed by atoms with Crippen molar-refractivity contribution in [3.63, 3.8) is 0 Å². The van der Waals surface area contributed by atoms with Gasteiger partial charge < -0.3 is 20.3 Å². The Bertz CT molecular complexity index is 1460. The van der Waals surface area contributed by atoms with Crippen molar-refractivity contribution in [2.45, 2.75) is 17.6 Å². The number of hydrogen-bond acceptors (Lipinski definition) is 8. The van der Waals surface area contributed by atoms with Gasteiger partial charge in [0.1, 0.15) is 10.5 Å². The lowest BCUT2D eigenvalue weighted by molar-refractivity contribution is -0.129. The molecule has 206 valence electrons. The number of thiophene rings is 1. The van der Waals surface area contributed by atoms with Gasteiger partial charge in [-0.15, -0.1) is 11.3 Å². The lowest BCUT2D eigenvalue weighted by Gasteiger charge is -2.30. The zero-order valence-corrected chi connectivity index (χ0v) is 22.7. The second kappa shape index (κ2) is 11.8. The first-order chi connectivity index (χ1) is 18.7. The summed E-state index contributed by atoms with van der Waals surface area (Å²) in [6, 6.07) is 18.5. The van der Waals surface area contributed by atoms with E-state index in [1.54, 1.807) is 66.1 Å². The maximum Gasteiger partial charge on any atom is 0.415 e. The van der Waals surface area contributed by atoms with Gasteiger partial charge in [-0.2, -0.15) is 0 Å². The fourth-order valence-corrected chi connectivity index (χ4v) is 7.99. The third kappa shape index (κ3) is 6.21. The Morgan fingerprint density at radius 3 is 2.54 bits per heavy atom. The van der Waals surface area contributed by atoms with Gasteiger partial charge in [0.05, 0.1) is 12.2 Å². The normalized spacial score (nSPS) is 18.5. The molecule has 2 aromatic carbocycles. The second-order valence-corrected chi connectivity index (χ2v) is 12.4. The number of urea groups is 1. The number of sulfone groups is 1. The molecular weight excluding hydrogens is 544 g/mol. The van der Waals surface area contributed by atoms with Crippen molar-refractivity contribution in [1.82, 2.24) is 15.7 Å². The summed E-state index contributed by atoms with van der Waals surface area (Å²) in [5.41, 5.74) is 2.84. The number of nitrogens with zero attached hydrogens (tertiary/aromatic N) is 1. The van der Waals surface area contributed by atoms with Gasteiger partial charge >= 0.3 is 12.1 Å². The number of anilines is 1. The van der Waals surface area contributed by atoms with Crippen molar-refractivity contribution < 1.29 is 32.7 Å². The molecule has 1 atom stereocenters. The molecule has 1 saturated heterocycles. The molecule has 4 rings (SSSR count). The molecule has 0 bridgehead atoms. The fraction of sp³-hybridized carbons (Fsp3) is 0.269. The fourth-order valence-electron chi connectivity index (χ4n) is 4.39. The molecule has 4 amide bonds. The van der Waals surface area contributed by atoms with Crippen LogP contribution >= 0.6 is 11.3 Å². The Morgan fingerprint density at radius 1 is 1.05 bits per heavy atom. The van der Waals surface area contributed by atoms with Crippen LogP contribution in [-0.4, -0.2) is 62.4 Å². The highest BCUT2D eigenvalue weighted by Gasteiger charge is 2.50. The largest absolute Gasteiger partial charge is 0.415 e. The minimum atomic E-state index is -3.99. The van der Waals surface area contributed by atoms with Gasteiger partial charge in [0.15, 0.2) is 9.84 Å². The average molecular weight is 573 g/mol. The Labute approximate surface area is 229 Å². The monoisotopic (exact) mass is 572 g/mol. The highest BCUT2D eigenvalue weighted by atomic mass is 32.2. The van der Waals surface area contributed by atoms with E-state index in [1.807, 2.05) is 6.07 Å². The summed E-state index contributed by atoms with van der Waals surface area (Å²) >= 11 is 1.20. The van der Waals surface area contributed by atoms with Crippen LogP contribution in [0.1, 0.15) is 17.7 Å². The summed E-state index contributed by atoms with van der Waals surface area (Å²) in [5, 5.41) is 14.4. The summed E-state index contributed by atoms with van der Waals surface area (Å²) in [4.78, 5) is 39.4. The van der Waals surface area contributed by atoms with Crippen LogP contribution in [0.5, 0.6) is 5.75 Å². The number of rotatable bonds is 6. The van der Waals surface area contributed by atoms with Crippen molar-refractivity contribution in [2.75, 3.05) is 31.2 Å². The van der Waals surface area contributed by atoms with Crippen molar-refractivity contribution in [3.8, 4) is 16.2 Å². The topological polar surface area (TPSA) is 154 Å². The Morgan fingerprint density at radius 2 is 1.82 bits per heavy atom. The Balaban J connectivity index is 1.66. The molecule has 0 radical (unpaired) electrons. The van der Waals surface area contributed by atoms with Crippen LogP contribution in [0.15, 0.2) is 66.7 Å². The molecule has 1 fully saturated rings. The first kappa shape index (κ1) is 28.1. The van der Waals surface area contributed by atoms with Crippen LogP contribution in [0.25, 0.3) is 10.4 Å². The van der Waals surface area contributed by atoms with Crippen LogP contribution in [0, 0.1) is 0 Å². The van der Waals surface area contributed by atoms with Gasteiger partial charge in [-0.25, -0.2) is 23.5 Å². The third-order valence-corrected chi connectivity index (χ3v) is 10.4. The van der Waals surface area contributed by atoms with Crippen molar-refractivity contribution >= 4 is 44.9 Å². The number of benzene rings is 2. The van der Waals surface area contributed by atoms with Crippen molar-refractivity contribution in [3.05, 3.63) is 71.6 Å². The van der Waals surface area contributed by atoms with Crippen LogP contribution in [0.2, 0.25) is 0 Å². The zero-order valence-electron chi connectivity index (χ0n) is 21.0. The molecule has 1 aromatic heterocycles. The lowest BCUT2D eigenvalue weighted by atomic mass is 9.97. The number of carbonyl (C=O) groups is 3. The molecule has 3 aromatic rings. The van der Waals surface area contributed by atoms with Crippen LogP contribution in [0.3, 0.4) is 0 Å². The number of hydrogen-bond donors (Lipinski definition) is 4. The number of amides is 4. The van der Waals surface area contributed by atoms with Gasteiger partial charge in [0, 0.05) is 35.6 Å². The SMILES string of the molecule is CNC(=O)Nc1cccc(-c2ccc(C3(CC(=O)NO)CCN(C(=O)Oc4ccccc4)CCS3(=O)=O)s2)c1. The van der Waals surface area contributed by atoms with E-state index in [-0.39, 0.29) is 25.5 Å². The smallest absolute Gasteiger partial charge is 0.410 e. The molecule has 11 nitrogen and oxygen atoms in total. The summed E-state index contributed by atoms with van der Waals surface area (Å²) in [6.07, 6.45) is -1.29. The molecule has 0 saturated carbocycles. The molecular formula is C26H28N4O7S2. The van der Waals surface area contributed by atoms with Gasteiger partial charge in [-0.05, 0) is 48.4 Å². The quantitative estimate of drug-likeness (QED) is 0.260. The van der Waals surface area contributed by atoms with Gasteiger partial charge in [0.25, 0.3) is 0 Å². The Kier molecular flexibility index (Phi) is 8.53. The first-order valence-electron chi connectivity index (χ1n) is 12.0. The summed E-state index contributed by atoms with van der Waals surface area (Å²) in [7, 11) is -2.49. The van der Waals surface area contributed by atoms with E-state index >= 15 is 0 Å².